The van der Waals surface area contributed by atoms with E-state index in [0.717, 1.165) is 42.9 Å². The number of amides is 1. The van der Waals surface area contributed by atoms with Gasteiger partial charge in [-0.05, 0) is 67.8 Å². The molecule has 0 aliphatic carbocycles. The van der Waals surface area contributed by atoms with Crippen molar-refractivity contribution >= 4 is 11.6 Å². The van der Waals surface area contributed by atoms with Gasteiger partial charge in [-0.3, -0.25) is 9.69 Å². The SMILES string of the molecule is COc1ccc(C(=O)Nc2ccc(CN3CCCC3CO)cc2)cc1C. The predicted octanol–water partition coefficient (Wildman–Crippen LogP) is 3.21. The fourth-order valence-corrected chi connectivity index (χ4v) is 3.46. The number of aliphatic hydroxyl groups is 1. The zero-order valence-corrected chi connectivity index (χ0v) is 15.4. The van der Waals surface area contributed by atoms with E-state index in [1.165, 1.54) is 5.56 Å². The van der Waals surface area contributed by atoms with Gasteiger partial charge in [0.05, 0.1) is 13.7 Å². The minimum Gasteiger partial charge on any atom is -0.496 e. The van der Waals surface area contributed by atoms with Crippen LogP contribution in [-0.4, -0.2) is 42.2 Å². The molecule has 2 N–H and O–H groups in total. The number of anilines is 1. The number of nitrogens with zero attached hydrogens (tertiary/aromatic N) is 1. The first-order valence-corrected chi connectivity index (χ1v) is 9.00. The highest BCUT2D eigenvalue weighted by Gasteiger charge is 2.23. The number of carbonyl (C=O) groups excluding carboxylic acids is 1. The molecule has 0 saturated carbocycles. The number of hydrogen-bond acceptors (Lipinski definition) is 4. The summed E-state index contributed by atoms with van der Waals surface area (Å²) in [5, 5.41) is 12.4. The van der Waals surface area contributed by atoms with E-state index in [1.807, 2.05) is 37.3 Å². The molecule has 1 heterocycles. The lowest BCUT2D eigenvalue weighted by atomic mass is 10.1. The molecule has 26 heavy (non-hydrogen) atoms. The third kappa shape index (κ3) is 4.23. The summed E-state index contributed by atoms with van der Waals surface area (Å²) >= 11 is 0. The number of ether oxygens (including phenoxy) is 1. The lowest BCUT2D eigenvalue weighted by Crippen LogP contribution is -2.31. The molecule has 2 aromatic carbocycles. The second-order valence-electron chi connectivity index (χ2n) is 6.78. The first-order chi connectivity index (χ1) is 12.6. The van der Waals surface area contributed by atoms with Gasteiger partial charge in [0, 0.05) is 23.8 Å². The van der Waals surface area contributed by atoms with Crippen LogP contribution in [0.3, 0.4) is 0 Å². The molecule has 1 atom stereocenters. The average molecular weight is 354 g/mol. The Balaban J connectivity index is 1.62. The van der Waals surface area contributed by atoms with Crippen LogP contribution < -0.4 is 10.1 Å². The zero-order valence-electron chi connectivity index (χ0n) is 15.4. The van der Waals surface area contributed by atoms with Gasteiger partial charge in [0.2, 0.25) is 0 Å². The Labute approximate surface area is 154 Å². The molecule has 0 spiro atoms. The number of hydrogen-bond donors (Lipinski definition) is 2. The van der Waals surface area contributed by atoms with Crippen LogP contribution in [-0.2, 0) is 6.54 Å². The standard InChI is InChI=1S/C21H26N2O3/c1-15-12-17(7-10-20(15)26-2)21(25)22-18-8-5-16(6-9-18)13-23-11-3-4-19(23)14-24/h5-10,12,19,24H,3-4,11,13-14H2,1-2H3,(H,22,25). The molecular formula is C21H26N2O3. The number of carbonyl (C=O) groups is 1. The number of methoxy groups -OCH3 is 1. The second kappa shape index (κ2) is 8.34. The number of benzene rings is 2. The van der Waals surface area contributed by atoms with E-state index in [9.17, 15) is 9.90 Å². The van der Waals surface area contributed by atoms with Crippen molar-refractivity contribution in [1.29, 1.82) is 0 Å². The third-order valence-corrected chi connectivity index (χ3v) is 4.96. The van der Waals surface area contributed by atoms with Crippen LogP contribution >= 0.6 is 0 Å². The number of nitrogens with one attached hydrogen (secondary N) is 1. The van der Waals surface area contributed by atoms with Crippen LogP contribution in [0.2, 0.25) is 0 Å². The fourth-order valence-electron chi connectivity index (χ4n) is 3.46. The number of rotatable bonds is 6. The van der Waals surface area contributed by atoms with Crippen molar-refractivity contribution in [2.75, 3.05) is 25.6 Å². The molecule has 1 aliphatic rings. The monoisotopic (exact) mass is 354 g/mol. The number of likely N-dealkylation sites (tertiary alicyclic amines) is 1. The summed E-state index contributed by atoms with van der Waals surface area (Å²) in [6, 6.07) is 13.6. The van der Waals surface area contributed by atoms with E-state index < -0.39 is 0 Å². The summed E-state index contributed by atoms with van der Waals surface area (Å²) in [6.07, 6.45) is 2.20. The quantitative estimate of drug-likeness (QED) is 0.836. The van der Waals surface area contributed by atoms with Crippen molar-refractivity contribution < 1.29 is 14.6 Å². The van der Waals surface area contributed by atoms with Gasteiger partial charge in [-0.15, -0.1) is 0 Å². The highest BCUT2D eigenvalue weighted by molar-refractivity contribution is 6.04. The molecule has 1 unspecified atom stereocenters. The van der Waals surface area contributed by atoms with Crippen LogP contribution in [0.15, 0.2) is 42.5 Å². The van der Waals surface area contributed by atoms with E-state index >= 15 is 0 Å². The van der Waals surface area contributed by atoms with Crippen LogP contribution in [0.5, 0.6) is 5.75 Å². The maximum absolute atomic E-state index is 12.4. The van der Waals surface area contributed by atoms with Gasteiger partial charge in [-0.2, -0.15) is 0 Å². The zero-order chi connectivity index (χ0) is 18.5. The van der Waals surface area contributed by atoms with E-state index in [0.29, 0.717) is 5.56 Å². The van der Waals surface area contributed by atoms with E-state index in [4.69, 9.17) is 4.74 Å². The fraction of sp³-hybridized carbons (Fsp3) is 0.381. The Hall–Kier alpha value is -2.37. The molecule has 0 radical (unpaired) electrons. The minimum atomic E-state index is -0.136. The molecule has 138 valence electrons. The molecule has 1 amide bonds. The average Bonchev–Trinajstić information content (AvgIpc) is 3.10. The summed E-state index contributed by atoms with van der Waals surface area (Å²) in [4.78, 5) is 14.7. The van der Waals surface area contributed by atoms with Crippen LogP contribution in [0.4, 0.5) is 5.69 Å². The Morgan fingerprint density at radius 2 is 2.04 bits per heavy atom. The smallest absolute Gasteiger partial charge is 0.255 e. The number of aliphatic hydroxyl groups excluding tert-OH is 1. The Bertz CT molecular complexity index is 758. The summed E-state index contributed by atoms with van der Waals surface area (Å²) in [6.45, 7) is 4.00. The highest BCUT2D eigenvalue weighted by Crippen LogP contribution is 2.22. The van der Waals surface area contributed by atoms with Gasteiger partial charge < -0.3 is 15.2 Å². The Morgan fingerprint density at radius 3 is 2.69 bits per heavy atom. The van der Waals surface area contributed by atoms with Gasteiger partial charge in [0.1, 0.15) is 5.75 Å². The van der Waals surface area contributed by atoms with Crippen LogP contribution in [0.25, 0.3) is 0 Å². The first kappa shape index (κ1) is 18.4. The lowest BCUT2D eigenvalue weighted by molar-refractivity contribution is 0.102. The topological polar surface area (TPSA) is 61.8 Å². The van der Waals surface area contributed by atoms with Crippen molar-refractivity contribution in [2.24, 2.45) is 0 Å². The molecule has 5 heteroatoms. The molecule has 1 aliphatic heterocycles. The predicted molar refractivity (Wildman–Crippen MR) is 103 cm³/mol. The molecule has 0 aromatic heterocycles. The Morgan fingerprint density at radius 1 is 1.27 bits per heavy atom. The highest BCUT2D eigenvalue weighted by atomic mass is 16.5. The second-order valence-corrected chi connectivity index (χ2v) is 6.78. The maximum atomic E-state index is 12.4. The van der Waals surface area contributed by atoms with E-state index in [1.54, 1.807) is 19.2 Å². The molecule has 1 fully saturated rings. The molecule has 5 nitrogen and oxygen atoms in total. The summed E-state index contributed by atoms with van der Waals surface area (Å²) in [7, 11) is 1.62. The summed E-state index contributed by atoms with van der Waals surface area (Å²) in [5.74, 6) is 0.636. The first-order valence-electron chi connectivity index (χ1n) is 9.00. The van der Waals surface area contributed by atoms with E-state index in [2.05, 4.69) is 10.2 Å². The maximum Gasteiger partial charge on any atom is 0.255 e. The van der Waals surface area contributed by atoms with Gasteiger partial charge in [-0.1, -0.05) is 12.1 Å². The summed E-state index contributed by atoms with van der Waals surface area (Å²) < 4.78 is 5.23. The van der Waals surface area contributed by atoms with Crippen LogP contribution in [0.1, 0.15) is 34.3 Å². The minimum absolute atomic E-state index is 0.136. The van der Waals surface area contributed by atoms with Crippen molar-refractivity contribution in [3.63, 3.8) is 0 Å². The normalized spacial score (nSPS) is 17.3. The largest absolute Gasteiger partial charge is 0.496 e. The van der Waals surface area contributed by atoms with Gasteiger partial charge in [0.25, 0.3) is 5.91 Å². The molecule has 2 aromatic rings. The van der Waals surface area contributed by atoms with Gasteiger partial charge in [0.15, 0.2) is 0 Å². The van der Waals surface area contributed by atoms with Gasteiger partial charge >= 0.3 is 0 Å². The summed E-state index contributed by atoms with van der Waals surface area (Å²) in [5.41, 5.74) is 3.49. The molecule has 1 saturated heterocycles. The van der Waals surface area contributed by atoms with Crippen molar-refractivity contribution in [3.05, 3.63) is 59.2 Å². The Kier molecular flexibility index (Phi) is 5.91. The number of aryl methyl sites for hydroxylation is 1. The van der Waals surface area contributed by atoms with E-state index in [-0.39, 0.29) is 18.6 Å². The van der Waals surface area contributed by atoms with Crippen molar-refractivity contribution in [1.82, 2.24) is 4.90 Å². The van der Waals surface area contributed by atoms with Crippen LogP contribution in [0, 0.1) is 6.92 Å². The third-order valence-electron chi connectivity index (χ3n) is 4.96. The molecule has 3 rings (SSSR count). The van der Waals surface area contributed by atoms with Crippen molar-refractivity contribution in [3.8, 4) is 5.75 Å². The van der Waals surface area contributed by atoms with Gasteiger partial charge in [-0.25, -0.2) is 0 Å². The molecular weight excluding hydrogens is 328 g/mol. The lowest BCUT2D eigenvalue weighted by Gasteiger charge is -2.22. The molecule has 0 bridgehead atoms. The van der Waals surface area contributed by atoms with Crippen molar-refractivity contribution in [2.45, 2.75) is 32.4 Å².